The van der Waals surface area contributed by atoms with Crippen molar-refractivity contribution >= 4 is 16.0 Å². The predicted octanol–water partition coefficient (Wildman–Crippen LogP) is 2.13. The summed E-state index contributed by atoms with van der Waals surface area (Å²) in [5.41, 5.74) is 2.07. The van der Waals surface area contributed by atoms with Gasteiger partial charge in [-0.15, -0.1) is 0 Å². The molecule has 0 radical (unpaired) electrons. The monoisotopic (exact) mass is 567 g/mol. The highest BCUT2D eigenvalue weighted by molar-refractivity contribution is 7.89. The Morgan fingerprint density at radius 3 is 2.73 bits per heavy atom. The second-order valence-electron chi connectivity index (χ2n) is 10.4. The standard InChI is InChI=1S/C29H37N5O5S/c1-30-40(36,37)27-9-5-8-26(17-27)38-21-25(35)19-32-24-18-29(39-20-24)11-14-34(15-12-29)28-31-13-10-23(33-28)16-22-6-3-2-4-7-22/h2-10,13,17,24-25,30,32,35H,11-12,14-16,18-21H2,1H3/t24-,25?/m1/s1. The summed E-state index contributed by atoms with van der Waals surface area (Å²) < 4.78 is 38.2. The number of sulfonamides is 1. The summed E-state index contributed by atoms with van der Waals surface area (Å²) in [7, 11) is -2.20. The molecule has 2 aliphatic rings. The zero-order valence-corrected chi connectivity index (χ0v) is 23.5. The van der Waals surface area contributed by atoms with Crippen molar-refractivity contribution in [2.75, 3.05) is 44.8 Å². The topological polar surface area (TPSA) is 126 Å². The molecule has 40 heavy (non-hydrogen) atoms. The first kappa shape index (κ1) is 28.4. The molecule has 11 heteroatoms. The van der Waals surface area contributed by atoms with Crippen molar-refractivity contribution < 1.29 is 23.0 Å². The molecule has 2 saturated heterocycles. The molecule has 1 spiro atoms. The molecular formula is C29H37N5O5S. The van der Waals surface area contributed by atoms with Gasteiger partial charge in [-0.25, -0.2) is 23.1 Å². The average molecular weight is 568 g/mol. The summed E-state index contributed by atoms with van der Waals surface area (Å²) in [4.78, 5) is 11.7. The molecule has 2 aromatic carbocycles. The van der Waals surface area contributed by atoms with E-state index < -0.39 is 16.1 Å². The number of piperidine rings is 1. The molecule has 0 bridgehead atoms. The third-order valence-corrected chi connectivity index (χ3v) is 8.98. The lowest BCUT2D eigenvalue weighted by Gasteiger charge is -2.38. The van der Waals surface area contributed by atoms with Crippen molar-refractivity contribution in [3.63, 3.8) is 0 Å². The fraction of sp³-hybridized carbons (Fsp3) is 0.448. The first-order chi connectivity index (χ1) is 19.3. The van der Waals surface area contributed by atoms with E-state index in [1.807, 2.05) is 30.5 Å². The van der Waals surface area contributed by atoms with E-state index in [-0.39, 0.29) is 23.1 Å². The lowest BCUT2D eigenvalue weighted by atomic mass is 9.87. The number of nitrogens with zero attached hydrogens (tertiary/aromatic N) is 3. The van der Waals surface area contributed by atoms with Crippen molar-refractivity contribution in [1.82, 2.24) is 20.0 Å². The van der Waals surface area contributed by atoms with E-state index in [0.29, 0.717) is 18.9 Å². The van der Waals surface area contributed by atoms with Crippen LogP contribution in [-0.2, 0) is 21.2 Å². The Balaban J connectivity index is 1.06. The second-order valence-corrected chi connectivity index (χ2v) is 12.3. The molecule has 1 unspecified atom stereocenters. The number of aliphatic hydroxyl groups excluding tert-OH is 1. The molecule has 2 fully saturated rings. The zero-order chi connectivity index (χ0) is 28.0. The van der Waals surface area contributed by atoms with Crippen LogP contribution in [-0.4, -0.2) is 81.1 Å². The summed E-state index contributed by atoms with van der Waals surface area (Å²) in [6.45, 7) is 2.67. The molecule has 1 aromatic heterocycles. The average Bonchev–Trinajstić information content (AvgIpc) is 3.38. The van der Waals surface area contributed by atoms with Crippen molar-refractivity contribution in [1.29, 1.82) is 0 Å². The minimum Gasteiger partial charge on any atom is -0.491 e. The van der Waals surface area contributed by atoms with Gasteiger partial charge in [-0.2, -0.15) is 0 Å². The minimum absolute atomic E-state index is 0.0487. The van der Waals surface area contributed by atoms with Crippen LogP contribution in [0.2, 0.25) is 0 Å². The summed E-state index contributed by atoms with van der Waals surface area (Å²) in [6, 6.07) is 18.7. The number of hydrogen-bond donors (Lipinski definition) is 3. The molecule has 214 valence electrons. The lowest BCUT2D eigenvalue weighted by Crippen LogP contribution is -2.45. The fourth-order valence-corrected chi connectivity index (χ4v) is 6.05. The maximum atomic E-state index is 12.0. The van der Waals surface area contributed by atoms with E-state index in [2.05, 4.69) is 32.1 Å². The van der Waals surface area contributed by atoms with Gasteiger partial charge in [0.2, 0.25) is 16.0 Å². The van der Waals surface area contributed by atoms with Crippen LogP contribution in [0.15, 0.2) is 71.8 Å². The second kappa shape index (κ2) is 12.6. The van der Waals surface area contributed by atoms with E-state index in [1.54, 1.807) is 12.1 Å². The van der Waals surface area contributed by atoms with Crippen LogP contribution in [0.5, 0.6) is 5.75 Å². The smallest absolute Gasteiger partial charge is 0.240 e. The van der Waals surface area contributed by atoms with Gasteiger partial charge < -0.3 is 24.8 Å². The van der Waals surface area contributed by atoms with Gasteiger partial charge in [0.25, 0.3) is 0 Å². The van der Waals surface area contributed by atoms with Crippen molar-refractivity contribution in [3.8, 4) is 5.75 Å². The largest absolute Gasteiger partial charge is 0.491 e. The summed E-state index contributed by atoms with van der Waals surface area (Å²) in [5.74, 6) is 1.16. The third kappa shape index (κ3) is 7.15. The van der Waals surface area contributed by atoms with Gasteiger partial charge in [0.1, 0.15) is 18.5 Å². The molecule has 0 saturated carbocycles. The van der Waals surface area contributed by atoms with Gasteiger partial charge in [-0.3, -0.25) is 0 Å². The van der Waals surface area contributed by atoms with Crippen LogP contribution in [0.3, 0.4) is 0 Å². The Hall–Kier alpha value is -3.09. The first-order valence-electron chi connectivity index (χ1n) is 13.7. The minimum atomic E-state index is -3.56. The molecule has 5 rings (SSSR count). The zero-order valence-electron chi connectivity index (χ0n) is 22.7. The number of anilines is 1. The van der Waals surface area contributed by atoms with E-state index in [0.717, 1.165) is 50.4 Å². The van der Waals surface area contributed by atoms with Crippen LogP contribution in [0.1, 0.15) is 30.5 Å². The molecule has 10 nitrogen and oxygen atoms in total. The van der Waals surface area contributed by atoms with E-state index >= 15 is 0 Å². The van der Waals surface area contributed by atoms with Crippen LogP contribution >= 0.6 is 0 Å². The molecule has 3 aromatic rings. The van der Waals surface area contributed by atoms with Crippen LogP contribution in [0.25, 0.3) is 0 Å². The Morgan fingerprint density at radius 2 is 1.95 bits per heavy atom. The number of aliphatic hydroxyl groups is 1. The lowest BCUT2D eigenvalue weighted by molar-refractivity contribution is -0.0152. The van der Waals surface area contributed by atoms with E-state index in [1.165, 1.54) is 24.7 Å². The van der Waals surface area contributed by atoms with E-state index in [9.17, 15) is 13.5 Å². The summed E-state index contributed by atoms with van der Waals surface area (Å²) in [5, 5.41) is 13.9. The molecule has 3 heterocycles. The van der Waals surface area contributed by atoms with Gasteiger partial charge in [0, 0.05) is 44.4 Å². The van der Waals surface area contributed by atoms with Crippen LogP contribution in [0, 0.1) is 0 Å². The Morgan fingerprint density at radius 1 is 1.15 bits per heavy atom. The summed E-state index contributed by atoms with van der Waals surface area (Å²) >= 11 is 0. The van der Waals surface area contributed by atoms with Gasteiger partial charge in [-0.05, 0) is 50.1 Å². The van der Waals surface area contributed by atoms with Crippen LogP contribution in [0.4, 0.5) is 5.95 Å². The number of nitrogens with one attached hydrogen (secondary N) is 2. The Bertz CT molecular complexity index is 1370. The Kier molecular flexibility index (Phi) is 8.97. The number of hydrogen-bond acceptors (Lipinski definition) is 9. The van der Waals surface area contributed by atoms with Gasteiger partial charge >= 0.3 is 0 Å². The van der Waals surface area contributed by atoms with Gasteiger partial charge in [0.15, 0.2) is 0 Å². The normalized spacial score (nSPS) is 19.6. The number of benzene rings is 2. The number of aromatic nitrogens is 2. The Labute approximate surface area is 235 Å². The SMILES string of the molecule is CNS(=O)(=O)c1cccc(OCC(O)CN[C@H]2COC3(CCN(c4nccc(Cc5ccccc5)n4)CC3)C2)c1. The molecular weight excluding hydrogens is 530 g/mol. The van der Waals surface area contributed by atoms with Crippen molar-refractivity contribution in [2.24, 2.45) is 0 Å². The number of ether oxygens (including phenoxy) is 2. The van der Waals surface area contributed by atoms with Crippen LogP contribution < -0.4 is 19.7 Å². The van der Waals surface area contributed by atoms with Gasteiger partial charge in [0.05, 0.1) is 22.8 Å². The van der Waals surface area contributed by atoms with E-state index in [4.69, 9.17) is 14.5 Å². The maximum Gasteiger partial charge on any atom is 0.240 e. The molecule has 2 aliphatic heterocycles. The molecule has 3 N–H and O–H groups in total. The van der Waals surface area contributed by atoms with Crippen molar-refractivity contribution in [2.45, 2.75) is 48.3 Å². The third-order valence-electron chi connectivity index (χ3n) is 7.56. The van der Waals surface area contributed by atoms with Gasteiger partial charge in [-0.1, -0.05) is 36.4 Å². The molecule has 0 aliphatic carbocycles. The highest BCUT2D eigenvalue weighted by Gasteiger charge is 2.43. The predicted molar refractivity (Wildman–Crippen MR) is 152 cm³/mol. The highest BCUT2D eigenvalue weighted by Crippen LogP contribution is 2.36. The molecule has 2 atom stereocenters. The van der Waals surface area contributed by atoms with Crippen molar-refractivity contribution in [3.05, 3.63) is 78.1 Å². The first-order valence-corrected chi connectivity index (χ1v) is 15.2. The summed E-state index contributed by atoms with van der Waals surface area (Å²) in [6.07, 6.45) is 4.55. The highest BCUT2D eigenvalue weighted by atomic mass is 32.2. The quantitative estimate of drug-likeness (QED) is 0.320. The fourth-order valence-electron chi connectivity index (χ4n) is 5.28. The maximum absolute atomic E-state index is 12.0. The molecule has 0 amide bonds. The number of rotatable bonds is 11.